The van der Waals surface area contributed by atoms with E-state index in [4.69, 9.17) is 15.2 Å². The summed E-state index contributed by atoms with van der Waals surface area (Å²) in [5.74, 6) is 0.895. The Hall–Kier alpha value is -2.28. The van der Waals surface area contributed by atoms with Crippen LogP contribution in [-0.4, -0.2) is 24.2 Å². The minimum atomic E-state index is -0.223. The number of carbonyl (C=O) groups is 1. The van der Waals surface area contributed by atoms with E-state index >= 15 is 0 Å². The first kappa shape index (κ1) is 13.7. The molecule has 21 heavy (non-hydrogen) atoms. The number of nitrogens with zero attached hydrogens (tertiary/aromatic N) is 1. The van der Waals surface area contributed by atoms with Crippen molar-refractivity contribution in [2.24, 2.45) is 0 Å². The fourth-order valence-corrected chi connectivity index (χ4v) is 2.83. The summed E-state index contributed by atoms with van der Waals surface area (Å²) in [6.45, 7) is 2.62. The number of benzene rings is 1. The summed E-state index contributed by atoms with van der Waals surface area (Å²) in [5, 5.41) is 5.84. The third kappa shape index (κ3) is 2.92. The lowest BCUT2D eigenvalue weighted by atomic mass is 10.1. The number of hydrogen-bond acceptors (Lipinski definition) is 6. The molecule has 1 aliphatic rings. The van der Waals surface area contributed by atoms with E-state index in [9.17, 15) is 4.79 Å². The van der Waals surface area contributed by atoms with Crippen molar-refractivity contribution in [3.05, 3.63) is 33.8 Å². The molecule has 0 saturated carbocycles. The van der Waals surface area contributed by atoms with Gasteiger partial charge in [-0.2, -0.15) is 0 Å². The number of nitrogen functional groups attached to an aromatic ring is 1. The number of aromatic nitrogens is 1. The maximum absolute atomic E-state index is 12.2. The van der Waals surface area contributed by atoms with Gasteiger partial charge in [0.25, 0.3) is 5.91 Å². The molecule has 2 aromatic rings. The quantitative estimate of drug-likeness (QED) is 0.840. The third-order valence-electron chi connectivity index (χ3n) is 3.08. The lowest BCUT2D eigenvalue weighted by molar-refractivity contribution is 0.0954. The van der Waals surface area contributed by atoms with Crippen LogP contribution in [0.15, 0.2) is 17.5 Å². The number of aryl methyl sites for hydroxylation is 1. The average molecular weight is 305 g/mol. The molecule has 110 valence electrons. The lowest BCUT2D eigenvalue weighted by Gasteiger charge is -2.08. The first-order chi connectivity index (χ1) is 10.1. The highest BCUT2D eigenvalue weighted by Crippen LogP contribution is 2.35. The van der Waals surface area contributed by atoms with Crippen molar-refractivity contribution in [2.45, 2.75) is 13.3 Å². The standard InChI is InChI=1S/C14H15N3O3S/c1-8-6-21-13(17-8)2-3-16-14(18)9-4-11-12(5-10(9)15)20-7-19-11/h4-6H,2-3,7,15H2,1H3,(H,16,18). The molecule has 1 aromatic carbocycles. The molecule has 0 unspecified atom stereocenters. The van der Waals surface area contributed by atoms with Crippen LogP contribution in [-0.2, 0) is 6.42 Å². The number of fused-ring (bicyclic) bond motifs is 1. The Labute approximate surface area is 125 Å². The van der Waals surface area contributed by atoms with Gasteiger partial charge >= 0.3 is 0 Å². The molecule has 7 heteroatoms. The van der Waals surface area contributed by atoms with Gasteiger partial charge in [0.15, 0.2) is 11.5 Å². The van der Waals surface area contributed by atoms with Gasteiger partial charge < -0.3 is 20.5 Å². The zero-order valence-corrected chi connectivity index (χ0v) is 12.3. The molecular formula is C14H15N3O3S. The van der Waals surface area contributed by atoms with Crippen molar-refractivity contribution in [1.29, 1.82) is 0 Å². The summed E-state index contributed by atoms with van der Waals surface area (Å²) in [7, 11) is 0. The molecule has 1 aromatic heterocycles. The van der Waals surface area contributed by atoms with Crippen molar-refractivity contribution in [3.63, 3.8) is 0 Å². The van der Waals surface area contributed by atoms with Crippen LogP contribution in [0.4, 0.5) is 5.69 Å². The van der Waals surface area contributed by atoms with Gasteiger partial charge in [0.1, 0.15) is 0 Å². The van der Waals surface area contributed by atoms with E-state index in [2.05, 4.69) is 10.3 Å². The van der Waals surface area contributed by atoms with Crippen LogP contribution < -0.4 is 20.5 Å². The van der Waals surface area contributed by atoms with Gasteiger partial charge in [-0.25, -0.2) is 4.98 Å². The molecule has 0 spiro atoms. The molecule has 0 fully saturated rings. The topological polar surface area (TPSA) is 86.5 Å². The minimum absolute atomic E-state index is 0.156. The number of nitrogens with one attached hydrogen (secondary N) is 1. The number of ether oxygens (including phenoxy) is 2. The SMILES string of the molecule is Cc1csc(CCNC(=O)c2cc3c(cc2N)OCO3)n1. The van der Waals surface area contributed by atoms with E-state index in [1.165, 1.54) is 0 Å². The number of anilines is 1. The normalized spacial score (nSPS) is 12.4. The summed E-state index contributed by atoms with van der Waals surface area (Å²) in [4.78, 5) is 16.5. The fraction of sp³-hybridized carbons (Fsp3) is 0.286. The number of thiazole rings is 1. The monoisotopic (exact) mass is 305 g/mol. The molecule has 6 nitrogen and oxygen atoms in total. The van der Waals surface area contributed by atoms with Crippen LogP contribution in [0, 0.1) is 6.92 Å². The largest absolute Gasteiger partial charge is 0.454 e. The van der Waals surface area contributed by atoms with Gasteiger partial charge in [0.05, 0.1) is 10.6 Å². The summed E-state index contributed by atoms with van der Waals surface area (Å²) >= 11 is 1.59. The third-order valence-corrected chi connectivity index (χ3v) is 4.11. The van der Waals surface area contributed by atoms with E-state index in [0.29, 0.717) is 35.7 Å². The van der Waals surface area contributed by atoms with E-state index < -0.39 is 0 Å². The van der Waals surface area contributed by atoms with Gasteiger partial charge in [-0.3, -0.25) is 4.79 Å². The second-order valence-electron chi connectivity index (χ2n) is 4.68. The second-order valence-corrected chi connectivity index (χ2v) is 5.62. The van der Waals surface area contributed by atoms with Crippen molar-refractivity contribution in [2.75, 3.05) is 19.1 Å². The van der Waals surface area contributed by atoms with Crippen LogP contribution in [0.2, 0.25) is 0 Å². The fourth-order valence-electron chi connectivity index (χ4n) is 2.05. The Kier molecular flexibility index (Phi) is 3.66. The lowest BCUT2D eigenvalue weighted by Crippen LogP contribution is -2.26. The van der Waals surface area contributed by atoms with Crippen molar-refractivity contribution < 1.29 is 14.3 Å². The Morgan fingerprint density at radius 3 is 2.90 bits per heavy atom. The first-order valence-electron chi connectivity index (χ1n) is 6.52. The van der Waals surface area contributed by atoms with Crippen LogP contribution >= 0.6 is 11.3 Å². The predicted octanol–water partition coefficient (Wildman–Crippen LogP) is 1.73. The molecule has 2 heterocycles. The highest BCUT2D eigenvalue weighted by molar-refractivity contribution is 7.09. The van der Waals surface area contributed by atoms with Gasteiger partial charge in [0.2, 0.25) is 6.79 Å². The van der Waals surface area contributed by atoms with E-state index in [1.807, 2.05) is 12.3 Å². The second kappa shape index (κ2) is 5.61. The molecule has 3 rings (SSSR count). The average Bonchev–Trinajstić information content (AvgIpc) is 3.06. The van der Waals surface area contributed by atoms with Gasteiger partial charge in [-0.1, -0.05) is 0 Å². The number of amides is 1. The van der Waals surface area contributed by atoms with E-state index in [1.54, 1.807) is 23.5 Å². The highest BCUT2D eigenvalue weighted by Gasteiger charge is 2.19. The number of nitrogens with two attached hydrogens (primary N) is 1. The van der Waals surface area contributed by atoms with Gasteiger partial charge in [-0.15, -0.1) is 11.3 Å². The first-order valence-corrected chi connectivity index (χ1v) is 7.40. The molecule has 0 atom stereocenters. The van der Waals surface area contributed by atoms with E-state index in [-0.39, 0.29) is 12.7 Å². The molecule has 1 aliphatic heterocycles. The summed E-state index contributed by atoms with van der Waals surface area (Å²) < 4.78 is 10.5. The number of hydrogen-bond donors (Lipinski definition) is 2. The van der Waals surface area contributed by atoms with Crippen molar-refractivity contribution >= 4 is 22.9 Å². The smallest absolute Gasteiger partial charge is 0.253 e. The van der Waals surface area contributed by atoms with Crippen LogP contribution in [0.1, 0.15) is 21.1 Å². The molecule has 1 amide bonds. The Morgan fingerprint density at radius 1 is 1.43 bits per heavy atom. The summed E-state index contributed by atoms with van der Waals surface area (Å²) in [6.07, 6.45) is 0.703. The maximum Gasteiger partial charge on any atom is 0.253 e. The molecule has 0 saturated heterocycles. The zero-order chi connectivity index (χ0) is 14.8. The Balaban J connectivity index is 1.63. The summed E-state index contributed by atoms with van der Waals surface area (Å²) in [6, 6.07) is 3.22. The van der Waals surface area contributed by atoms with Crippen LogP contribution in [0.3, 0.4) is 0 Å². The highest BCUT2D eigenvalue weighted by atomic mass is 32.1. The summed E-state index contributed by atoms with van der Waals surface area (Å²) in [5.41, 5.74) is 7.65. The number of carbonyl (C=O) groups excluding carboxylic acids is 1. The molecule has 0 aliphatic carbocycles. The van der Waals surface area contributed by atoms with Crippen molar-refractivity contribution in [1.82, 2.24) is 10.3 Å². The van der Waals surface area contributed by atoms with Crippen LogP contribution in [0.5, 0.6) is 11.5 Å². The molecular weight excluding hydrogens is 290 g/mol. The molecule has 3 N–H and O–H groups in total. The van der Waals surface area contributed by atoms with Gasteiger partial charge in [0, 0.05) is 35.8 Å². The van der Waals surface area contributed by atoms with E-state index in [0.717, 1.165) is 10.7 Å². The van der Waals surface area contributed by atoms with Crippen molar-refractivity contribution in [3.8, 4) is 11.5 Å². The maximum atomic E-state index is 12.2. The molecule has 0 radical (unpaired) electrons. The van der Waals surface area contributed by atoms with Crippen LogP contribution in [0.25, 0.3) is 0 Å². The predicted molar refractivity (Wildman–Crippen MR) is 79.9 cm³/mol. The Morgan fingerprint density at radius 2 is 2.19 bits per heavy atom. The minimum Gasteiger partial charge on any atom is -0.454 e. The van der Waals surface area contributed by atoms with Gasteiger partial charge in [-0.05, 0) is 13.0 Å². The number of rotatable bonds is 4. The zero-order valence-electron chi connectivity index (χ0n) is 11.5. The molecule has 0 bridgehead atoms. The Bertz CT molecular complexity index is 684.